The fourth-order valence-corrected chi connectivity index (χ4v) is 2.98. The minimum atomic E-state index is 0.579. The van der Waals surface area contributed by atoms with Gasteiger partial charge in [0.05, 0.1) is 10.6 Å². The zero-order chi connectivity index (χ0) is 15.1. The van der Waals surface area contributed by atoms with Crippen molar-refractivity contribution in [2.45, 2.75) is 33.6 Å². The Morgan fingerprint density at radius 1 is 1.30 bits per heavy atom. The molecule has 1 heterocycles. The van der Waals surface area contributed by atoms with E-state index in [2.05, 4.69) is 44.7 Å². The summed E-state index contributed by atoms with van der Waals surface area (Å²) >= 11 is 1.53. The molecule has 0 N–H and O–H groups in total. The van der Waals surface area contributed by atoms with E-state index in [-0.39, 0.29) is 0 Å². The number of carbonyl (C=O) groups excluding carboxylic acids is 1. The Balaban J connectivity index is 2.90. The maximum atomic E-state index is 11.2. The monoisotopic (exact) mass is 297 g/mol. The summed E-state index contributed by atoms with van der Waals surface area (Å²) in [5.74, 6) is 0.579. The number of thiazole rings is 1. The fraction of sp³-hybridized carbons (Fsp3) is 0.733. The number of nitrogens with zero attached hydrogens (tertiary/aromatic N) is 3. The predicted octanol–water partition coefficient (Wildman–Crippen LogP) is 2.93. The van der Waals surface area contributed by atoms with Crippen LogP contribution in [0.25, 0.3) is 0 Å². The second kappa shape index (κ2) is 8.37. The summed E-state index contributed by atoms with van der Waals surface area (Å²) in [6, 6.07) is 0. The lowest BCUT2D eigenvalue weighted by molar-refractivity contribution is 0.112. The number of likely N-dealkylation sites (N-methyl/N-ethyl adjacent to an activating group) is 1. The standard InChI is InChI=1S/C15H27N3OS/c1-6-7-13-14(11-19)20-15(16-13)18(10-12(2)3)9-8-17(4)5/h11-12H,6-10H2,1-5H3. The van der Waals surface area contributed by atoms with Crippen LogP contribution in [-0.4, -0.2) is 49.9 Å². The molecular formula is C15H27N3OS. The van der Waals surface area contributed by atoms with Gasteiger partial charge in [0.2, 0.25) is 0 Å². The van der Waals surface area contributed by atoms with Crippen molar-refractivity contribution >= 4 is 22.8 Å². The van der Waals surface area contributed by atoms with Crippen LogP contribution in [0.3, 0.4) is 0 Å². The normalized spacial score (nSPS) is 11.3. The second-order valence-electron chi connectivity index (χ2n) is 5.82. The molecule has 5 heteroatoms. The van der Waals surface area contributed by atoms with Crippen molar-refractivity contribution in [2.75, 3.05) is 38.6 Å². The van der Waals surface area contributed by atoms with Gasteiger partial charge in [-0.3, -0.25) is 4.79 Å². The van der Waals surface area contributed by atoms with Gasteiger partial charge in [0.25, 0.3) is 0 Å². The molecule has 1 aromatic heterocycles. The minimum absolute atomic E-state index is 0.579. The molecule has 0 aromatic carbocycles. The van der Waals surface area contributed by atoms with Crippen LogP contribution in [0.5, 0.6) is 0 Å². The highest BCUT2D eigenvalue weighted by Gasteiger charge is 2.16. The molecule has 1 rings (SSSR count). The van der Waals surface area contributed by atoms with Crippen LogP contribution >= 0.6 is 11.3 Å². The van der Waals surface area contributed by atoms with Crippen molar-refractivity contribution in [1.82, 2.24) is 9.88 Å². The second-order valence-corrected chi connectivity index (χ2v) is 6.83. The summed E-state index contributed by atoms with van der Waals surface area (Å²) in [5, 5.41) is 0.992. The van der Waals surface area contributed by atoms with E-state index in [1.54, 1.807) is 0 Å². The number of rotatable bonds is 9. The third-order valence-electron chi connectivity index (χ3n) is 2.98. The van der Waals surface area contributed by atoms with Crippen LogP contribution < -0.4 is 4.90 Å². The highest BCUT2D eigenvalue weighted by molar-refractivity contribution is 7.17. The molecule has 0 radical (unpaired) electrons. The smallest absolute Gasteiger partial charge is 0.186 e. The number of carbonyl (C=O) groups is 1. The van der Waals surface area contributed by atoms with Crippen LogP contribution in [0.2, 0.25) is 0 Å². The SMILES string of the molecule is CCCc1nc(N(CCN(C)C)CC(C)C)sc1C=O. The van der Waals surface area contributed by atoms with Gasteiger partial charge >= 0.3 is 0 Å². The molecule has 0 fully saturated rings. The summed E-state index contributed by atoms with van der Waals surface area (Å²) in [7, 11) is 4.16. The van der Waals surface area contributed by atoms with Gasteiger partial charge in [-0.25, -0.2) is 4.98 Å². The molecular weight excluding hydrogens is 270 g/mol. The molecule has 0 aliphatic rings. The summed E-state index contributed by atoms with van der Waals surface area (Å²) in [6.45, 7) is 9.46. The van der Waals surface area contributed by atoms with Crippen LogP contribution in [-0.2, 0) is 6.42 Å². The van der Waals surface area contributed by atoms with Gasteiger partial charge in [0, 0.05) is 19.6 Å². The van der Waals surface area contributed by atoms with E-state index in [1.807, 2.05) is 0 Å². The van der Waals surface area contributed by atoms with Crippen LogP contribution in [0.1, 0.15) is 42.6 Å². The van der Waals surface area contributed by atoms with E-state index in [0.29, 0.717) is 5.92 Å². The van der Waals surface area contributed by atoms with Crippen LogP contribution in [0, 0.1) is 5.92 Å². The highest BCUT2D eigenvalue weighted by Crippen LogP contribution is 2.26. The van der Waals surface area contributed by atoms with Gasteiger partial charge in [0.1, 0.15) is 0 Å². The van der Waals surface area contributed by atoms with Crippen molar-refractivity contribution in [3.05, 3.63) is 10.6 Å². The predicted molar refractivity (Wildman–Crippen MR) is 87.1 cm³/mol. The number of hydrogen-bond acceptors (Lipinski definition) is 5. The number of anilines is 1. The first kappa shape index (κ1) is 17.1. The van der Waals surface area contributed by atoms with Crippen molar-refractivity contribution in [3.8, 4) is 0 Å². The zero-order valence-corrected chi connectivity index (χ0v) is 14.2. The molecule has 114 valence electrons. The maximum absolute atomic E-state index is 11.2. The molecule has 0 aliphatic heterocycles. The third kappa shape index (κ3) is 5.21. The first-order valence-electron chi connectivity index (χ1n) is 7.32. The van der Waals surface area contributed by atoms with Gasteiger partial charge in [-0.1, -0.05) is 38.5 Å². The molecule has 0 saturated heterocycles. The quantitative estimate of drug-likeness (QED) is 0.657. The van der Waals surface area contributed by atoms with Gasteiger partial charge in [-0.15, -0.1) is 0 Å². The number of aryl methyl sites for hydroxylation is 1. The molecule has 1 aromatic rings. The van der Waals surface area contributed by atoms with Crippen molar-refractivity contribution in [2.24, 2.45) is 5.92 Å². The third-order valence-corrected chi connectivity index (χ3v) is 4.07. The number of hydrogen-bond donors (Lipinski definition) is 0. The average Bonchev–Trinajstić information content (AvgIpc) is 2.77. The largest absolute Gasteiger partial charge is 0.347 e. The molecule has 0 spiro atoms. The fourth-order valence-electron chi connectivity index (χ4n) is 2.02. The summed E-state index contributed by atoms with van der Waals surface area (Å²) in [4.78, 5) is 21.1. The lowest BCUT2D eigenvalue weighted by Crippen LogP contribution is -2.34. The molecule has 4 nitrogen and oxygen atoms in total. The van der Waals surface area contributed by atoms with Gasteiger partial charge < -0.3 is 9.80 Å². The highest BCUT2D eigenvalue weighted by atomic mass is 32.1. The first-order valence-corrected chi connectivity index (χ1v) is 8.14. The van der Waals surface area contributed by atoms with Crippen LogP contribution in [0.4, 0.5) is 5.13 Å². The molecule has 0 saturated carbocycles. The number of aldehydes is 1. The Hall–Kier alpha value is -0.940. The molecule has 20 heavy (non-hydrogen) atoms. The first-order chi connectivity index (χ1) is 9.47. The molecule has 0 aliphatic carbocycles. The van der Waals surface area contributed by atoms with Crippen molar-refractivity contribution in [3.63, 3.8) is 0 Å². The lowest BCUT2D eigenvalue weighted by Gasteiger charge is -2.25. The Morgan fingerprint density at radius 3 is 2.50 bits per heavy atom. The van der Waals surface area contributed by atoms with Crippen molar-refractivity contribution < 1.29 is 4.79 Å². The van der Waals surface area contributed by atoms with E-state index < -0.39 is 0 Å². The Morgan fingerprint density at radius 2 is 2.00 bits per heavy atom. The molecule has 0 bridgehead atoms. The van der Waals surface area contributed by atoms with E-state index in [9.17, 15) is 4.79 Å². The van der Waals surface area contributed by atoms with Crippen molar-refractivity contribution in [1.29, 1.82) is 0 Å². The van der Waals surface area contributed by atoms with E-state index in [0.717, 1.165) is 54.5 Å². The summed E-state index contributed by atoms with van der Waals surface area (Å²) in [6.07, 6.45) is 2.85. The lowest BCUT2D eigenvalue weighted by atomic mass is 10.2. The van der Waals surface area contributed by atoms with E-state index in [1.165, 1.54) is 11.3 Å². The molecule has 0 unspecified atom stereocenters. The molecule has 0 atom stereocenters. The molecule has 0 amide bonds. The van der Waals surface area contributed by atoms with E-state index >= 15 is 0 Å². The zero-order valence-electron chi connectivity index (χ0n) is 13.3. The van der Waals surface area contributed by atoms with Crippen LogP contribution in [0.15, 0.2) is 0 Å². The summed E-state index contributed by atoms with van der Waals surface area (Å²) < 4.78 is 0. The topological polar surface area (TPSA) is 36.4 Å². The summed E-state index contributed by atoms with van der Waals surface area (Å²) in [5.41, 5.74) is 0.959. The van der Waals surface area contributed by atoms with Gasteiger partial charge in [-0.2, -0.15) is 0 Å². The minimum Gasteiger partial charge on any atom is -0.347 e. The average molecular weight is 297 g/mol. The Kier molecular flexibility index (Phi) is 7.16. The Bertz CT molecular complexity index is 415. The maximum Gasteiger partial charge on any atom is 0.186 e. The van der Waals surface area contributed by atoms with Gasteiger partial charge in [-0.05, 0) is 26.4 Å². The Labute approximate surface area is 126 Å². The number of aromatic nitrogens is 1. The van der Waals surface area contributed by atoms with Gasteiger partial charge in [0.15, 0.2) is 11.4 Å². The van der Waals surface area contributed by atoms with E-state index in [4.69, 9.17) is 4.98 Å².